The highest BCUT2D eigenvalue weighted by Gasteiger charge is 2.15. The number of carboxylic acids is 1. The van der Waals surface area contributed by atoms with E-state index in [1.165, 1.54) is 24.4 Å². The van der Waals surface area contributed by atoms with E-state index in [0.717, 1.165) is 6.20 Å². The molecule has 0 saturated carbocycles. The third kappa shape index (κ3) is 2.46. The SMILES string of the molecule is O=C(O)c1ccc(NS(=O)(=O)c2ccn[nH]2)cn1. The fraction of sp³-hybridized carbons (Fsp3) is 0. The number of hydrogen-bond donors (Lipinski definition) is 3. The predicted molar refractivity (Wildman–Crippen MR) is 60.6 cm³/mol. The molecule has 0 atom stereocenters. The van der Waals surface area contributed by atoms with E-state index in [9.17, 15) is 13.2 Å². The Hall–Kier alpha value is -2.42. The zero-order valence-electron chi connectivity index (χ0n) is 8.86. The average Bonchev–Trinajstić information content (AvgIpc) is 2.83. The Labute approximate surface area is 102 Å². The van der Waals surface area contributed by atoms with Crippen molar-refractivity contribution >= 4 is 21.7 Å². The summed E-state index contributed by atoms with van der Waals surface area (Å²) in [5, 5.41) is 14.4. The van der Waals surface area contributed by atoms with Crippen molar-refractivity contribution in [1.82, 2.24) is 15.2 Å². The number of aromatic carboxylic acids is 1. The van der Waals surface area contributed by atoms with Crippen molar-refractivity contribution in [3.63, 3.8) is 0 Å². The van der Waals surface area contributed by atoms with Gasteiger partial charge in [-0.3, -0.25) is 9.82 Å². The largest absolute Gasteiger partial charge is 0.477 e. The smallest absolute Gasteiger partial charge is 0.354 e. The van der Waals surface area contributed by atoms with Crippen LogP contribution in [0.4, 0.5) is 5.69 Å². The molecule has 9 heteroatoms. The van der Waals surface area contributed by atoms with Crippen LogP contribution in [0.15, 0.2) is 35.6 Å². The summed E-state index contributed by atoms with van der Waals surface area (Å²) in [5.74, 6) is -1.18. The van der Waals surface area contributed by atoms with Gasteiger partial charge in [-0.1, -0.05) is 0 Å². The van der Waals surface area contributed by atoms with Crippen molar-refractivity contribution in [3.8, 4) is 0 Å². The summed E-state index contributed by atoms with van der Waals surface area (Å²) in [6.45, 7) is 0. The molecule has 8 nitrogen and oxygen atoms in total. The molecule has 18 heavy (non-hydrogen) atoms. The second-order valence-electron chi connectivity index (χ2n) is 3.26. The van der Waals surface area contributed by atoms with Gasteiger partial charge in [-0.05, 0) is 18.2 Å². The van der Waals surface area contributed by atoms with E-state index in [2.05, 4.69) is 19.9 Å². The molecule has 0 aliphatic rings. The molecule has 0 spiro atoms. The first-order chi connectivity index (χ1) is 8.49. The standard InChI is InChI=1S/C9H8N4O4S/c14-9(15)7-2-1-6(5-10-7)13-18(16,17)8-3-4-11-12-8/h1-5,13H,(H,11,12)(H,14,15). The van der Waals surface area contributed by atoms with E-state index in [-0.39, 0.29) is 16.4 Å². The second kappa shape index (κ2) is 4.45. The van der Waals surface area contributed by atoms with Gasteiger partial charge < -0.3 is 5.11 Å². The molecular formula is C9H8N4O4S. The van der Waals surface area contributed by atoms with Crippen molar-refractivity contribution in [3.05, 3.63) is 36.3 Å². The normalized spacial score (nSPS) is 11.1. The number of sulfonamides is 1. The molecule has 0 aromatic carbocycles. The third-order valence-electron chi connectivity index (χ3n) is 2.00. The summed E-state index contributed by atoms with van der Waals surface area (Å²) < 4.78 is 25.7. The predicted octanol–water partition coefficient (Wildman–Crippen LogP) is 0.304. The summed E-state index contributed by atoms with van der Waals surface area (Å²) in [5.41, 5.74) is -0.00547. The van der Waals surface area contributed by atoms with Gasteiger partial charge in [-0.2, -0.15) is 13.5 Å². The quantitative estimate of drug-likeness (QED) is 0.732. The van der Waals surface area contributed by atoms with Gasteiger partial charge in [0.1, 0.15) is 5.69 Å². The van der Waals surface area contributed by atoms with E-state index in [0.29, 0.717) is 0 Å². The maximum Gasteiger partial charge on any atom is 0.354 e. The molecule has 0 aliphatic heterocycles. The van der Waals surface area contributed by atoms with Crippen LogP contribution in [-0.4, -0.2) is 34.7 Å². The van der Waals surface area contributed by atoms with Crippen molar-refractivity contribution in [2.24, 2.45) is 0 Å². The van der Waals surface area contributed by atoms with Crippen LogP contribution in [0.3, 0.4) is 0 Å². The van der Waals surface area contributed by atoms with Gasteiger partial charge in [0, 0.05) is 0 Å². The van der Waals surface area contributed by atoms with E-state index in [4.69, 9.17) is 5.11 Å². The lowest BCUT2D eigenvalue weighted by Gasteiger charge is -2.05. The van der Waals surface area contributed by atoms with Gasteiger partial charge in [-0.15, -0.1) is 0 Å². The van der Waals surface area contributed by atoms with Crippen molar-refractivity contribution < 1.29 is 18.3 Å². The Balaban J connectivity index is 2.22. The highest BCUT2D eigenvalue weighted by Crippen LogP contribution is 2.13. The minimum Gasteiger partial charge on any atom is -0.477 e. The van der Waals surface area contributed by atoms with Crippen LogP contribution in [0.5, 0.6) is 0 Å². The number of nitrogens with zero attached hydrogens (tertiary/aromatic N) is 2. The van der Waals surface area contributed by atoms with Crippen molar-refractivity contribution in [2.45, 2.75) is 5.03 Å². The minimum absolute atomic E-state index is 0.0928. The molecule has 2 heterocycles. The Morgan fingerprint density at radius 3 is 2.61 bits per heavy atom. The number of carbonyl (C=O) groups is 1. The van der Waals surface area contributed by atoms with Crippen molar-refractivity contribution in [2.75, 3.05) is 4.72 Å². The molecule has 94 valence electrons. The number of nitrogens with one attached hydrogen (secondary N) is 2. The zero-order valence-corrected chi connectivity index (χ0v) is 9.68. The lowest BCUT2D eigenvalue weighted by atomic mass is 10.3. The van der Waals surface area contributed by atoms with Crippen LogP contribution < -0.4 is 4.72 Å². The van der Waals surface area contributed by atoms with Gasteiger partial charge in [-0.25, -0.2) is 9.78 Å². The lowest BCUT2D eigenvalue weighted by Crippen LogP contribution is -2.14. The number of aromatic amines is 1. The number of hydrogen-bond acceptors (Lipinski definition) is 5. The van der Waals surface area contributed by atoms with Crippen LogP contribution in [-0.2, 0) is 10.0 Å². The Bertz CT molecular complexity index is 648. The summed E-state index contributed by atoms with van der Waals surface area (Å²) in [4.78, 5) is 14.2. The monoisotopic (exact) mass is 268 g/mol. The van der Waals surface area contributed by atoms with E-state index < -0.39 is 16.0 Å². The Kier molecular flexibility index (Phi) is 2.98. The van der Waals surface area contributed by atoms with Crippen molar-refractivity contribution in [1.29, 1.82) is 0 Å². The summed E-state index contributed by atoms with van der Waals surface area (Å²) in [7, 11) is -3.76. The second-order valence-corrected chi connectivity index (χ2v) is 4.91. The van der Waals surface area contributed by atoms with E-state index in [1.807, 2.05) is 0 Å². The molecule has 0 amide bonds. The fourth-order valence-corrected chi connectivity index (χ4v) is 2.14. The van der Waals surface area contributed by atoms with Gasteiger partial charge in [0.2, 0.25) is 0 Å². The number of carboxylic acid groups (broad SMARTS) is 1. The molecule has 0 saturated heterocycles. The van der Waals surface area contributed by atoms with Crippen LogP contribution in [0.2, 0.25) is 0 Å². The maximum absolute atomic E-state index is 11.8. The van der Waals surface area contributed by atoms with Crippen LogP contribution >= 0.6 is 0 Å². The molecule has 2 rings (SSSR count). The number of H-pyrrole nitrogens is 1. The van der Waals surface area contributed by atoms with E-state index >= 15 is 0 Å². The highest BCUT2D eigenvalue weighted by atomic mass is 32.2. The first-order valence-electron chi connectivity index (χ1n) is 4.70. The molecule has 0 bridgehead atoms. The van der Waals surface area contributed by atoms with Gasteiger partial charge in [0.25, 0.3) is 10.0 Å². The number of rotatable bonds is 4. The first-order valence-corrected chi connectivity index (χ1v) is 6.19. The molecule has 0 unspecified atom stereocenters. The molecule has 0 radical (unpaired) electrons. The molecule has 2 aromatic heterocycles. The summed E-state index contributed by atoms with van der Waals surface area (Å²) in [6.07, 6.45) is 2.43. The molecular weight excluding hydrogens is 260 g/mol. The minimum atomic E-state index is -3.76. The first kappa shape index (κ1) is 12.0. The molecule has 3 N–H and O–H groups in total. The number of pyridine rings is 1. The zero-order chi connectivity index (χ0) is 13.2. The fourth-order valence-electron chi connectivity index (χ4n) is 1.18. The Morgan fingerprint density at radius 2 is 2.11 bits per heavy atom. The maximum atomic E-state index is 11.8. The van der Waals surface area contributed by atoms with Gasteiger partial charge in [0.15, 0.2) is 5.03 Å². The van der Waals surface area contributed by atoms with Crippen LogP contribution in [0.25, 0.3) is 0 Å². The highest BCUT2D eigenvalue weighted by molar-refractivity contribution is 7.92. The van der Waals surface area contributed by atoms with Crippen LogP contribution in [0, 0.1) is 0 Å². The van der Waals surface area contributed by atoms with E-state index in [1.54, 1.807) is 0 Å². The van der Waals surface area contributed by atoms with Gasteiger partial charge >= 0.3 is 5.97 Å². The average molecular weight is 268 g/mol. The third-order valence-corrected chi connectivity index (χ3v) is 3.31. The molecule has 2 aromatic rings. The molecule has 0 aliphatic carbocycles. The Morgan fingerprint density at radius 1 is 1.33 bits per heavy atom. The lowest BCUT2D eigenvalue weighted by molar-refractivity contribution is 0.0690. The summed E-state index contributed by atoms with van der Waals surface area (Å²) >= 11 is 0. The number of anilines is 1. The molecule has 0 fully saturated rings. The topological polar surface area (TPSA) is 125 Å². The van der Waals surface area contributed by atoms with Crippen LogP contribution in [0.1, 0.15) is 10.5 Å². The summed E-state index contributed by atoms with van der Waals surface area (Å²) in [6, 6.07) is 3.80. The number of aromatic nitrogens is 3. The van der Waals surface area contributed by atoms with Gasteiger partial charge in [0.05, 0.1) is 18.1 Å².